The Morgan fingerprint density at radius 3 is 0.871 bits per heavy atom. The highest BCUT2D eigenvalue weighted by molar-refractivity contribution is 14.1. The highest BCUT2D eigenvalue weighted by Crippen LogP contribution is 2.40. The number of hydrogen-bond acceptors (Lipinski definition) is 16. The van der Waals surface area contributed by atoms with Crippen LogP contribution in [0.1, 0.15) is 41.4 Å². The predicted octanol–water partition coefficient (Wildman–Crippen LogP) is -2.84. The van der Waals surface area contributed by atoms with E-state index < -0.39 is 126 Å². The summed E-state index contributed by atoms with van der Waals surface area (Å²) in [7, 11) is 0. The van der Waals surface area contributed by atoms with Crippen LogP contribution in [0.15, 0.2) is 0 Å². The maximum atomic E-state index is 14.2. The molecule has 22 nitrogen and oxygen atoms in total. The van der Waals surface area contributed by atoms with Crippen molar-refractivity contribution < 1.29 is 79.8 Å². The van der Waals surface area contributed by atoms with E-state index in [1.807, 2.05) is 0 Å². The highest BCUT2D eigenvalue weighted by Gasteiger charge is 2.39. The molecule has 0 aromatic heterocycles. The molecule has 0 heterocycles. The summed E-state index contributed by atoms with van der Waals surface area (Å²) in [6, 6.07) is -5.39. The van der Waals surface area contributed by atoms with Crippen molar-refractivity contribution in [1.29, 1.82) is 0 Å². The predicted molar refractivity (Wildman–Crippen MR) is 269 cm³/mol. The van der Waals surface area contributed by atoms with Crippen molar-refractivity contribution in [2.24, 2.45) is 11.5 Å². The van der Waals surface area contributed by atoms with Gasteiger partial charge in [-0.15, -0.1) is 0 Å². The van der Waals surface area contributed by atoms with Crippen LogP contribution < -0.4 is 21.3 Å². The van der Waals surface area contributed by atoms with Crippen LogP contribution in [0.2, 0.25) is 0 Å². The van der Waals surface area contributed by atoms with E-state index in [4.69, 9.17) is 11.5 Å². The summed E-state index contributed by atoms with van der Waals surface area (Å²) in [6.45, 7) is -8.02. The monoisotopic (exact) mass is 1550 g/mol. The van der Waals surface area contributed by atoms with Gasteiger partial charge in [-0.1, -0.05) is 0 Å². The summed E-state index contributed by atoms with van der Waals surface area (Å²) in [5.74, 6) is -4.12. The number of aliphatic hydroxyl groups is 10. The van der Waals surface area contributed by atoms with Gasteiger partial charge in [-0.25, -0.2) is 0 Å². The van der Waals surface area contributed by atoms with E-state index in [-0.39, 0.29) is 67.9 Å². The number of anilines is 2. The minimum absolute atomic E-state index is 0.0135. The molecule has 2 aromatic carbocycles. The van der Waals surface area contributed by atoms with Crippen molar-refractivity contribution in [1.82, 2.24) is 9.80 Å². The molecule has 0 radical (unpaired) electrons. The number of carbonyl (C=O) groups excluding carboxylic acids is 6. The van der Waals surface area contributed by atoms with Gasteiger partial charge in [0, 0.05) is 7.14 Å². The van der Waals surface area contributed by atoms with Gasteiger partial charge in [0.2, 0.25) is 12.8 Å². The zero-order chi connectivity index (χ0) is 47.5. The summed E-state index contributed by atoms with van der Waals surface area (Å²) in [5, 5.41) is 102. The lowest BCUT2D eigenvalue weighted by Gasteiger charge is -2.36. The van der Waals surface area contributed by atoms with E-state index >= 15 is 0 Å². The van der Waals surface area contributed by atoms with Gasteiger partial charge in [0.05, 0.1) is 150 Å². The van der Waals surface area contributed by atoms with Crippen LogP contribution in [0.3, 0.4) is 0 Å². The second-order valence-electron chi connectivity index (χ2n) is 13.0. The number of aliphatic hydroxyl groups excluding tert-OH is 10. The number of carbonyl (C=O) groups is 6. The molecule has 2 aromatic rings. The molecule has 346 valence electrons. The quantitative estimate of drug-likeness (QED) is 0.0352. The second kappa shape index (κ2) is 26.5. The molecule has 0 bridgehead atoms. The number of nitrogens with zero attached hydrogens (tertiary/aromatic N) is 4. The lowest BCUT2D eigenvalue weighted by molar-refractivity contribution is -0.109. The SMILES string of the molecule is NC(=O)c1c(I)c(C(=O)N(C(CO)CO)C(CO)CO)c(I)c(N(C=O)CC(O)C(O)CN(C=O)c2c(I)c(C(N)=O)c(I)c(C(=O)N(C(CO)CO)C(CO)CO)c2I)c1I. The minimum atomic E-state index is -1.93. The summed E-state index contributed by atoms with van der Waals surface area (Å²) >= 11 is 10.0. The molecule has 6 amide bonds. The molecule has 0 fully saturated rings. The zero-order valence-electron chi connectivity index (χ0n) is 31.8. The molecule has 28 heteroatoms. The van der Waals surface area contributed by atoms with Crippen LogP contribution in [-0.2, 0) is 9.59 Å². The van der Waals surface area contributed by atoms with Gasteiger partial charge in [-0.05, 0) is 136 Å². The molecule has 0 saturated carbocycles. The molecule has 0 saturated heterocycles. The van der Waals surface area contributed by atoms with Crippen molar-refractivity contribution in [3.05, 3.63) is 43.7 Å². The van der Waals surface area contributed by atoms with Crippen LogP contribution in [0.4, 0.5) is 11.4 Å². The van der Waals surface area contributed by atoms with E-state index in [0.717, 1.165) is 19.6 Å². The maximum absolute atomic E-state index is 14.2. The van der Waals surface area contributed by atoms with Crippen molar-refractivity contribution in [3.8, 4) is 0 Å². The number of primary amides is 2. The second-order valence-corrected chi connectivity index (χ2v) is 19.4. The van der Waals surface area contributed by atoms with Crippen LogP contribution >= 0.6 is 136 Å². The lowest BCUT2D eigenvalue weighted by atomic mass is 10.0. The number of hydrogen-bond donors (Lipinski definition) is 12. The summed E-state index contributed by atoms with van der Waals surface area (Å²) in [4.78, 5) is 83.0. The molecule has 62 heavy (non-hydrogen) atoms. The van der Waals surface area contributed by atoms with E-state index in [9.17, 15) is 79.8 Å². The first-order valence-electron chi connectivity index (χ1n) is 17.5. The molecule has 14 N–H and O–H groups in total. The Hall–Kier alpha value is -0.760. The third-order valence-corrected chi connectivity index (χ3v) is 15.6. The van der Waals surface area contributed by atoms with Crippen LogP contribution in [-0.4, -0.2) is 200 Å². The molecule has 0 aliphatic rings. The smallest absolute Gasteiger partial charge is 0.256 e. The molecule has 2 atom stereocenters. The van der Waals surface area contributed by atoms with Crippen LogP contribution in [0, 0.1) is 21.4 Å². The topological polar surface area (TPSA) is 370 Å². The van der Waals surface area contributed by atoms with Gasteiger partial charge in [0.1, 0.15) is 0 Å². The van der Waals surface area contributed by atoms with Crippen molar-refractivity contribution in [3.63, 3.8) is 0 Å². The first-order valence-corrected chi connectivity index (χ1v) is 24.0. The van der Waals surface area contributed by atoms with Gasteiger partial charge in [0.25, 0.3) is 23.6 Å². The molecule has 0 spiro atoms. The molecular formula is C34H42I6N6O16. The van der Waals surface area contributed by atoms with Crippen LogP contribution in [0.25, 0.3) is 0 Å². The Morgan fingerprint density at radius 2 is 0.677 bits per heavy atom. The van der Waals surface area contributed by atoms with E-state index in [1.165, 1.54) is 0 Å². The maximum Gasteiger partial charge on any atom is 0.256 e. The normalized spacial score (nSPS) is 12.5. The fourth-order valence-electron chi connectivity index (χ4n) is 6.09. The van der Waals surface area contributed by atoms with Gasteiger partial charge in [-0.3, -0.25) is 28.8 Å². The number of amides is 6. The fraction of sp³-hybridized carbons (Fsp3) is 0.471. The van der Waals surface area contributed by atoms with Gasteiger partial charge < -0.3 is 82.1 Å². The molecule has 0 aliphatic heterocycles. The highest BCUT2D eigenvalue weighted by atomic mass is 127. The third-order valence-electron chi connectivity index (χ3n) is 9.28. The van der Waals surface area contributed by atoms with Crippen molar-refractivity contribution in [2.45, 2.75) is 36.4 Å². The summed E-state index contributed by atoms with van der Waals surface area (Å²) < 4.78 is -0.120. The Bertz CT molecular complexity index is 1810. The third kappa shape index (κ3) is 12.4. The zero-order valence-corrected chi connectivity index (χ0v) is 44.8. The van der Waals surface area contributed by atoms with Crippen LogP contribution in [0.5, 0.6) is 0 Å². The Morgan fingerprint density at radius 1 is 0.452 bits per heavy atom. The number of benzene rings is 2. The minimum Gasteiger partial charge on any atom is -0.394 e. The fourth-order valence-corrected chi connectivity index (χ4v) is 15.6. The molecule has 0 aliphatic carbocycles. The van der Waals surface area contributed by atoms with Gasteiger partial charge >= 0.3 is 0 Å². The molecule has 2 unspecified atom stereocenters. The Balaban J connectivity index is 2.79. The Labute approximate surface area is 435 Å². The number of halogens is 6. The Kier molecular flexibility index (Phi) is 24.6. The van der Waals surface area contributed by atoms with E-state index in [0.29, 0.717) is 0 Å². The first-order chi connectivity index (χ1) is 29.2. The summed E-state index contributed by atoms with van der Waals surface area (Å²) in [5.41, 5.74) is 9.98. The average Bonchev–Trinajstić information content (AvgIpc) is 3.22. The lowest BCUT2D eigenvalue weighted by Crippen LogP contribution is -2.54. The van der Waals surface area contributed by atoms with E-state index in [2.05, 4.69) is 0 Å². The largest absolute Gasteiger partial charge is 0.394 e. The number of rotatable bonds is 25. The first kappa shape index (κ1) is 57.4. The van der Waals surface area contributed by atoms with Crippen molar-refractivity contribution in [2.75, 3.05) is 75.7 Å². The van der Waals surface area contributed by atoms with Gasteiger partial charge in [0.15, 0.2) is 0 Å². The van der Waals surface area contributed by atoms with Gasteiger partial charge in [-0.2, -0.15) is 0 Å². The standard InChI is InChI=1S/C34H42I6N6O16/c35-23-19(31(41)59)25(37)29(27(39)21(23)33(61)45(13(3-47)4-48)14(5-49)6-50)43(11-55)1-17(57)18(58)2-44(12-56)30-26(38)20(32(42)60)24(36)22(28(30)40)34(62)46(15(7-51)8-52)16(9-53)10-54/h11-18,47-54,57-58H,1-10H2,(H2,41,59)(H2,42,60). The molecule has 2 rings (SSSR count). The average molecular weight is 1550 g/mol. The molecular weight excluding hydrogens is 1510 g/mol. The summed E-state index contributed by atoms with van der Waals surface area (Å²) in [6.07, 6.45) is -3.45. The number of nitrogens with two attached hydrogens (primary N) is 2. The van der Waals surface area contributed by atoms with Crippen molar-refractivity contribution >= 4 is 183 Å². The van der Waals surface area contributed by atoms with E-state index in [1.54, 1.807) is 136 Å².